The number of nitrogens with one attached hydrogen (secondary N) is 1. The number of carbonyl (C=O) groups is 2. The fourth-order valence-corrected chi connectivity index (χ4v) is 5.38. The Kier molecular flexibility index (Phi) is 6.71. The highest BCUT2D eigenvalue weighted by Gasteiger charge is 2.27. The Balaban J connectivity index is 1.29. The zero-order valence-electron chi connectivity index (χ0n) is 20.2. The fourth-order valence-electron chi connectivity index (χ4n) is 4.29. The van der Waals surface area contributed by atoms with Gasteiger partial charge in [-0.1, -0.05) is 18.2 Å². The Morgan fingerprint density at radius 2 is 1.78 bits per heavy atom. The lowest BCUT2D eigenvalue weighted by atomic mass is 9.87. The molecule has 190 valence electrons. The summed E-state index contributed by atoms with van der Waals surface area (Å²) < 4.78 is 44.6. The number of rotatable bonds is 9. The number of allylic oxidation sites excluding steroid dienone is 2. The molecular formula is C28H25NO7S. The van der Waals surface area contributed by atoms with Crippen LogP contribution in [0.15, 0.2) is 77.2 Å². The van der Waals surface area contributed by atoms with Gasteiger partial charge in [-0.25, -0.2) is 8.42 Å². The summed E-state index contributed by atoms with van der Waals surface area (Å²) in [5.74, 6) is 1.19. The molecule has 2 aliphatic rings. The Labute approximate surface area is 214 Å². The van der Waals surface area contributed by atoms with Crippen molar-refractivity contribution in [1.29, 1.82) is 0 Å². The van der Waals surface area contributed by atoms with Crippen LogP contribution in [0.2, 0.25) is 0 Å². The number of carbonyl (C=O) groups excluding carboxylic acids is 2. The predicted octanol–water partition coefficient (Wildman–Crippen LogP) is 4.48. The molecule has 0 aromatic heterocycles. The smallest absolute Gasteiger partial charge is 0.261 e. The molecule has 5 rings (SSSR count). The van der Waals surface area contributed by atoms with Gasteiger partial charge in [0.1, 0.15) is 5.75 Å². The van der Waals surface area contributed by atoms with Gasteiger partial charge < -0.3 is 14.2 Å². The van der Waals surface area contributed by atoms with E-state index >= 15 is 0 Å². The summed E-state index contributed by atoms with van der Waals surface area (Å²) in [6, 6.07) is 16.5. The lowest BCUT2D eigenvalue weighted by Crippen LogP contribution is -2.21. The van der Waals surface area contributed by atoms with Crippen LogP contribution in [-0.2, 0) is 27.7 Å². The predicted molar refractivity (Wildman–Crippen MR) is 137 cm³/mol. The second-order valence-corrected chi connectivity index (χ2v) is 10.3. The van der Waals surface area contributed by atoms with Gasteiger partial charge in [-0.15, -0.1) is 0 Å². The van der Waals surface area contributed by atoms with E-state index in [1.807, 2.05) is 19.1 Å². The number of Topliss-reactive ketones (excluding diaryl/α,β-unsaturated/α-hetero) is 2. The van der Waals surface area contributed by atoms with Gasteiger partial charge in [-0.2, -0.15) is 0 Å². The summed E-state index contributed by atoms with van der Waals surface area (Å²) in [5, 5.41) is 0. The van der Waals surface area contributed by atoms with Crippen molar-refractivity contribution in [3.8, 4) is 17.2 Å². The number of fused-ring (bicyclic) bond motifs is 2. The first-order valence-electron chi connectivity index (χ1n) is 11.9. The molecular weight excluding hydrogens is 494 g/mol. The van der Waals surface area contributed by atoms with Gasteiger partial charge >= 0.3 is 0 Å². The molecule has 0 unspecified atom stereocenters. The maximum Gasteiger partial charge on any atom is 0.261 e. The van der Waals surface area contributed by atoms with Gasteiger partial charge in [0.05, 0.1) is 17.1 Å². The fraction of sp³-hybridized carbons (Fsp3) is 0.214. The van der Waals surface area contributed by atoms with Gasteiger partial charge in [-0.3, -0.25) is 14.3 Å². The third kappa shape index (κ3) is 5.22. The monoisotopic (exact) mass is 519 g/mol. The average molecular weight is 520 g/mol. The van der Waals surface area contributed by atoms with E-state index in [2.05, 4.69) is 4.72 Å². The van der Waals surface area contributed by atoms with E-state index in [0.29, 0.717) is 47.9 Å². The molecule has 3 aromatic rings. The summed E-state index contributed by atoms with van der Waals surface area (Å²) in [7, 11) is -3.95. The second kappa shape index (κ2) is 10.1. The van der Waals surface area contributed by atoms with Gasteiger partial charge in [0, 0.05) is 17.7 Å². The topological polar surface area (TPSA) is 108 Å². The largest absolute Gasteiger partial charge is 0.494 e. The minimum atomic E-state index is -3.95. The number of hydrogen-bond donors (Lipinski definition) is 1. The lowest BCUT2D eigenvalue weighted by molar-refractivity contribution is -0.115. The molecule has 1 aliphatic carbocycles. The molecule has 0 saturated heterocycles. The molecule has 0 bridgehead atoms. The molecule has 1 N–H and O–H groups in total. The molecule has 37 heavy (non-hydrogen) atoms. The van der Waals surface area contributed by atoms with Crippen LogP contribution in [0.1, 0.15) is 34.8 Å². The molecule has 0 fully saturated rings. The van der Waals surface area contributed by atoms with Crippen LogP contribution in [0.5, 0.6) is 17.2 Å². The molecule has 0 amide bonds. The van der Waals surface area contributed by atoms with Crippen LogP contribution < -0.4 is 18.9 Å². The molecule has 9 heteroatoms. The van der Waals surface area contributed by atoms with Gasteiger partial charge in [0.2, 0.25) is 6.79 Å². The molecule has 0 saturated carbocycles. The molecule has 1 aliphatic heterocycles. The number of hydrogen-bond acceptors (Lipinski definition) is 7. The SMILES string of the molecule is CCOc1ccc(NS(=O)(=O)c2ccc3c(c2)C(=O)C(C(=O)CCc2ccc4c(c2)OCO4)=CC3)cc1. The van der Waals surface area contributed by atoms with Crippen molar-refractivity contribution in [3.05, 3.63) is 89.0 Å². The normalized spacial score (nSPS) is 14.1. The van der Waals surface area contributed by atoms with Gasteiger partial charge in [0.15, 0.2) is 23.1 Å². The molecule has 0 atom stereocenters. The maximum absolute atomic E-state index is 13.2. The molecule has 1 heterocycles. The third-order valence-electron chi connectivity index (χ3n) is 6.20. The van der Waals surface area contributed by atoms with Crippen LogP contribution >= 0.6 is 0 Å². The summed E-state index contributed by atoms with van der Waals surface area (Å²) in [4.78, 5) is 26.1. The van der Waals surface area contributed by atoms with Crippen molar-refractivity contribution in [1.82, 2.24) is 0 Å². The molecule has 8 nitrogen and oxygen atoms in total. The molecule has 0 spiro atoms. The quantitative estimate of drug-likeness (QED) is 0.415. The van der Waals surface area contributed by atoms with Crippen molar-refractivity contribution in [2.45, 2.75) is 31.1 Å². The number of anilines is 1. The van der Waals surface area contributed by atoms with Crippen molar-refractivity contribution in [3.63, 3.8) is 0 Å². The van der Waals surface area contributed by atoms with Crippen molar-refractivity contribution < 1.29 is 32.2 Å². The minimum Gasteiger partial charge on any atom is -0.494 e. The van der Waals surface area contributed by atoms with E-state index in [4.69, 9.17) is 14.2 Å². The van der Waals surface area contributed by atoms with Crippen LogP contribution in [0.3, 0.4) is 0 Å². The highest BCUT2D eigenvalue weighted by Crippen LogP contribution is 2.33. The number of aryl methyl sites for hydroxylation is 1. The van der Waals surface area contributed by atoms with Crippen molar-refractivity contribution >= 4 is 27.3 Å². The summed E-state index contributed by atoms with van der Waals surface area (Å²) in [6.07, 6.45) is 2.58. The lowest BCUT2D eigenvalue weighted by Gasteiger charge is -2.17. The second-order valence-electron chi connectivity index (χ2n) is 8.64. The van der Waals surface area contributed by atoms with E-state index in [0.717, 1.165) is 5.56 Å². The Hall–Kier alpha value is -4.11. The number of ether oxygens (including phenoxy) is 3. The Morgan fingerprint density at radius 3 is 2.57 bits per heavy atom. The third-order valence-corrected chi connectivity index (χ3v) is 7.58. The van der Waals surface area contributed by atoms with E-state index in [-0.39, 0.29) is 35.0 Å². The maximum atomic E-state index is 13.2. The summed E-state index contributed by atoms with van der Waals surface area (Å²) in [5.41, 5.74) is 2.26. The van der Waals surface area contributed by atoms with Crippen molar-refractivity contribution in [2.75, 3.05) is 18.1 Å². The van der Waals surface area contributed by atoms with E-state index in [1.54, 1.807) is 42.5 Å². The standard InChI is InChI=1S/C28H25NO7S/c1-2-34-21-9-7-20(8-10-21)29-37(32,33)22-11-5-19-6-12-23(28(31)24(19)16-22)25(30)13-3-18-4-14-26-27(15-18)36-17-35-26/h4-5,7-12,14-16,29H,2-3,6,13,17H2,1H3. The Morgan fingerprint density at radius 1 is 1.00 bits per heavy atom. The zero-order valence-corrected chi connectivity index (χ0v) is 21.0. The van der Waals surface area contributed by atoms with E-state index in [1.165, 1.54) is 12.1 Å². The summed E-state index contributed by atoms with van der Waals surface area (Å²) in [6.45, 7) is 2.54. The average Bonchev–Trinajstić information content (AvgIpc) is 3.36. The van der Waals surface area contributed by atoms with Crippen LogP contribution in [0.25, 0.3) is 0 Å². The number of sulfonamides is 1. The zero-order chi connectivity index (χ0) is 26.0. The first-order valence-corrected chi connectivity index (χ1v) is 13.4. The number of ketones is 2. The molecule has 0 radical (unpaired) electrons. The highest BCUT2D eigenvalue weighted by molar-refractivity contribution is 7.92. The first-order chi connectivity index (χ1) is 17.8. The van der Waals surface area contributed by atoms with Crippen molar-refractivity contribution in [2.24, 2.45) is 0 Å². The minimum absolute atomic E-state index is 0.0532. The van der Waals surface area contributed by atoms with Gasteiger partial charge in [0.25, 0.3) is 10.0 Å². The molecule has 3 aromatic carbocycles. The number of benzene rings is 3. The summed E-state index contributed by atoms with van der Waals surface area (Å²) >= 11 is 0. The van der Waals surface area contributed by atoms with Crippen LogP contribution in [0.4, 0.5) is 5.69 Å². The highest BCUT2D eigenvalue weighted by atomic mass is 32.2. The van der Waals surface area contributed by atoms with Crippen LogP contribution in [0, 0.1) is 0 Å². The van der Waals surface area contributed by atoms with E-state index in [9.17, 15) is 18.0 Å². The van der Waals surface area contributed by atoms with Crippen LogP contribution in [-0.4, -0.2) is 33.4 Å². The first kappa shape index (κ1) is 24.6. The van der Waals surface area contributed by atoms with Gasteiger partial charge in [-0.05, 0) is 79.4 Å². The Bertz CT molecular complexity index is 1510. The van der Waals surface area contributed by atoms with E-state index < -0.39 is 15.8 Å².